The van der Waals surface area contributed by atoms with Crippen molar-refractivity contribution in [1.82, 2.24) is 0 Å². The van der Waals surface area contributed by atoms with Crippen molar-refractivity contribution < 1.29 is 4.74 Å². The summed E-state index contributed by atoms with van der Waals surface area (Å²) < 4.78 is 6.24. The van der Waals surface area contributed by atoms with Crippen LogP contribution in [0.1, 0.15) is 43.9 Å². The van der Waals surface area contributed by atoms with Crippen molar-refractivity contribution in [2.24, 2.45) is 0 Å². The van der Waals surface area contributed by atoms with Gasteiger partial charge in [-0.05, 0) is 64.2 Å². The highest BCUT2D eigenvalue weighted by Crippen LogP contribution is 2.29. The summed E-state index contributed by atoms with van der Waals surface area (Å²) in [5, 5.41) is 3.53. The first-order valence-corrected chi connectivity index (χ1v) is 8.00. The van der Waals surface area contributed by atoms with Gasteiger partial charge >= 0.3 is 0 Å². The number of ether oxygens (including phenoxy) is 1. The van der Waals surface area contributed by atoms with Gasteiger partial charge in [-0.1, -0.05) is 32.0 Å². The zero-order valence-electron chi connectivity index (χ0n) is 13.0. The van der Waals surface area contributed by atoms with E-state index in [4.69, 9.17) is 4.74 Å². The van der Waals surface area contributed by atoms with Gasteiger partial charge in [0.05, 0.1) is 11.6 Å². The van der Waals surface area contributed by atoms with Gasteiger partial charge in [0.15, 0.2) is 0 Å². The smallest absolute Gasteiger partial charge is 0.133 e. The van der Waals surface area contributed by atoms with E-state index in [2.05, 4.69) is 78.4 Å². The van der Waals surface area contributed by atoms with Crippen molar-refractivity contribution in [1.29, 1.82) is 0 Å². The van der Waals surface area contributed by atoms with Crippen molar-refractivity contribution >= 4 is 21.6 Å². The van der Waals surface area contributed by atoms with Crippen LogP contribution in [0.5, 0.6) is 5.75 Å². The zero-order chi connectivity index (χ0) is 15.4. The molecule has 0 aromatic heterocycles. The van der Waals surface area contributed by atoms with Crippen LogP contribution in [-0.4, -0.2) is 7.11 Å². The number of nitrogens with one attached hydrogen (secondary N) is 1. The quantitative estimate of drug-likeness (QED) is 0.742. The predicted molar refractivity (Wildman–Crippen MR) is 93.3 cm³/mol. The Bertz CT molecular complexity index is 593. The van der Waals surface area contributed by atoms with Gasteiger partial charge in [-0.2, -0.15) is 0 Å². The summed E-state index contributed by atoms with van der Waals surface area (Å²) in [7, 11) is 1.68. The van der Waals surface area contributed by atoms with Gasteiger partial charge < -0.3 is 10.1 Å². The highest BCUT2D eigenvalue weighted by atomic mass is 79.9. The molecule has 0 aliphatic carbocycles. The largest absolute Gasteiger partial charge is 0.496 e. The molecular formula is C18H22BrNO. The van der Waals surface area contributed by atoms with Crippen LogP contribution in [-0.2, 0) is 0 Å². The Balaban J connectivity index is 2.10. The van der Waals surface area contributed by atoms with Crippen LogP contribution in [0.15, 0.2) is 46.9 Å². The maximum absolute atomic E-state index is 5.27. The minimum absolute atomic E-state index is 0.233. The van der Waals surface area contributed by atoms with E-state index in [1.165, 1.54) is 11.1 Å². The fraction of sp³-hybridized carbons (Fsp3) is 0.333. The topological polar surface area (TPSA) is 21.3 Å². The first-order valence-electron chi connectivity index (χ1n) is 7.21. The molecule has 2 rings (SSSR count). The van der Waals surface area contributed by atoms with Gasteiger partial charge in [0.1, 0.15) is 5.75 Å². The lowest BCUT2D eigenvalue weighted by Crippen LogP contribution is -2.06. The number of hydrogen-bond acceptors (Lipinski definition) is 2. The molecule has 2 aromatic rings. The van der Waals surface area contributed by atoms with E-state index in [0.717, 1.165) is 15.9 Å². The number of methoxy groups -OCH3 is 1. The van der Waals surface area contributed by atoms with Gasteiger partial charge in [0.2, 0.25) is 0 Å². The van der Waals surface area contributed by atoms with Crippen molar-refractivity contribution in [3.8, 4) is 5.75 Å². The van der Waals surface area contributed by atoms with Crippen LogP contribution in [0, 0.1) is 0 Å². The molecule has 0 aliphatic rings. The summed E-state index contributed by atoms with van der Waals surface area (Å²) >= 11 is 3.53. The standard InChI is InChI=1S/C18H22BrNO/c1-12(2)14-5-8-16(9-6-14)20-13(3)15-7-10-18(21-4)17(19)11-15/h5-13,20H,1-4H3. The Kier molecular flexibility index (Phi) is 5.29. The van der Waals surface area contributed by atoms with Crippen LogP contribution < -0.4 is 10.1 Å². The number of rotatable bonds is 5. The Morgan fingerprint density at radius 3 is 2.10 bits per heavy atom. The molecule has 0 spiro atoms. The van der Waals surface area contributed by atoms with Crippen molar-refractivity contribution in [2.75, 3.05) is 12.4 Å². The molecule has 1 unspecified atom stereocenters. The SMILES string of the molecule is COc1ccc(C(C)Nc2ccc(C(C)C)cc2)cc1Br. The fourth-order valence-corrected chi connectivity index (χ4v) is 2.81. The summed E-state index contributed by atoms with van der Waals surface area (Å²) in [4.78, 5) is 0. The van der Waals surface area contributed by atoms with Crippen LogP contribution in [0.3, 0.4) is 0 Å². The lowest BCUT2D eigenvalue weighted by molar-refractivity contribution is 0.412. The van der Waals surface area contributed by atoms with E-state index in [0.29, 0.717) is 5.92 Å². The monoisotopic (exact) mass is 347 g/mol. The van der Waals surface area contributed by atoms with Gasteiger partial charge in [0.25, 0.3) is 0 Å². The maximum atomic E-state index is 5.27. The number of anilines is 1. The Morgan fingerprint density at radius 2 is 1.57 bits per heavy atom. The molecule has 3 heteroatoms. The molecule has 0 saturated heterocycles. The second kappa shape index (κ2) is 6.99. The second-order valence-electron chi connectivity index (χ2n) is 5.54. The van der Waals surface area contributed by atoms with E-state index in [1.807, 2.05) is 6.07 Å². The first kappa shape index (κ1) is 15.9. The third-order valence-electron chi connectivity index (χ3n) is 3.64. The van der Waals surface area contributed by atoms with E-state index in [-0.39, 0.29) is 6.04 Å². The molecule has 2 nitrogen and oxygen atoms in total. The lowest BCUT2D eigenvalue weighted by atomic mass is 10.0. The molecule has 2 aromatic carbocycles. The summed E-state index contributed by atoms with van der Waals surface area (Å²) in [5.74, 6) is 1.42. The first-order chi connectivity index (χ1) is 10.0. The normalized spacial score (nSPS) is 12.3. The molecule has 112 valence electrons. The molecule has 0 amide bonds. The van der Waals surface area contributed by atoms with Gasteiger partial charge in [-0.25, -0.2) is 0 Å². The van der Waals surface area contributed by atoms with E-state index in [1.54, 1.807) is 7.11 Å². The second-order valence-corrected chi connectivity index (χ2v) is 6.39. The van der Waals surface area contributed by atoms with Crippen molar-refractivity contribution in [3.05, 3.63) is 58.1 Å². The van der Waals surface area contributed by atoms with Crippen LogP contribution in [0.4, 0.5) is 5.69 Å². The molecule has 1 N–H and O–H groups in total. The summed E-state index contributed by atoms with van der Waals surface area (Å²) in [6, 6.07) is 15.1. The van der Waals surface area contributed by atoms with Crippen molar-refractivity contribution in [2.45, 2.75) is 32.7 Å². The van der Waals surface area contributed by atoms with Crippen LogP contribution in [0.25, 0.3) is 0 Å². The highest BCUT2D eigenvalue weighted by Gasteiger charge is 2.08. The van der Waals surface area contributed by atoms with E-state index >= 15 is 0 Å². The average molecular weight is 348 g/mol. The Morgan fingerprint density at radius 1 is 0.952 bits per heavy atom. The predicted octanol–water partition coefficient (Wildman–Crippen LogP) is 5.75. The van der Waals surface area contributed by atoms with Gasteiger partial charge in [-0.15, -0.1) is 0 Å². The zero-order valence-corrected chi connectivity index (χ0v) is 14.6. The number of halogens is 1. The Labute approximate surface area is 135 Å². The molecule has 0 heterocycles. The average Bonchev–Trinajstić information content (AvgIpc) is 2.47. The molecule has 21 heavy (non-hydrogen) atoms. The highest BCUT2D eigenvalue weighted by molar-refractivity contribution is 9.10. The molecule has 0 aliphatic heterocycles. The van der Waals surface area contributed by atoms with Crippen LogP contribution >= 0.6 is 15.9 Å². The third kappa shape index (κ3) is 4.01. The molecule has 0 bridgehead atoms. The van der Waals surface area contributed by atoms with Gasteiger partial charge in [-0.3, -0.25) is 0 Å². The summed E-state index contributed by atoms with van der Waals surface area (Å²) in [6.07, 6.45) is 0. The summed E-state index contributed by atoms with van der Waals surface area (Å²) in [6.45, 7) is 6.57. The third-order valence-corrected chi connectivity index (χ3v) is 4.26. The fourth-order valence-electron chi connectivity index (χ4n) is 2.25. The molecule has 1 atom stereocenters. The molecular weight excluding hydrogens is 326 g/mol. The summed E-state index contributed by atoms with van der Waals surface area (Å²) in [5.41, 5.74) is 3.72. The molecule has 0 fully saturated rings. The number of hydrogen-bond donors (Lipinski definition) is 1. The van der Waals surface area contributed by atoms with E-state index in [9.17, 15) is 0 Å². The Hall–Kier alpha value is -1.48. The molecule has 0 radical (unpaired) electrons. The van der Waals surface area contributed by atoms with Crippen LogP contribution in [0.2, 0.25) is 0 Å². The minimum Gasteiger partial charge on any atom is -0.496 e. The lowest BCUT2D eigenvalue weighted by Gasteiger charge is -2.17. The van der Waals surface area contributed by atoms with E-state index < -0.39 is 0 Å². The maximum Gasteiger partial charge on any atom is 0.133 e. The number of benzene rings is 2. The molecule has 0 saturated carbocycles. The minimum atomic E-state index is 0.233. The van der Waals surface area contributed by atoms with Crippen molar-refractivity contribution in [3.63, 3.8) is 0 Å². The van der Waals surface area contributed by atoms with Gasteiger partial charge in [0, 0.05) is 11.7 Å².